The average Bonchev–Trinajstić information content (AvgIpc) is 2.92. The fraction of sp³-hybridized carbons (Fsp3) is 1.00. The number of rotatable bonds is 13. The molecule has 1 aliphatic carbocycles. The number of nitrogens with one attached hydrogen (secondary N) is 2. The van der Waals surface area contributed by atoms with E-state index in [1.165, 1.54) is 0 Å². The smallest absolute Gasteiger partial charge is 0.186 e. The van der Waals surface area contributed by atoms with E-state index in [1.807, 2.05) is 0 Å². The lowest BCUT2D eigenvalue weighted by Crippen LogP contribution is -2.69. The summed E-state index contributed by atoms with van der Waals surface area (Å²) in [4.78, 5) is 0. The molecule has 1 saturated carbocycles. The van der Waals surface area contributed by atoms with E-state index in [0.29, 0.717) is 19.5 Å². The highest BCUT2D eigenvalue weighted by Crippen LogP contribution is 2.36. The van der Waals surface area contributed by atoms with E-state index in [9.17, 15) is 30.6 Å². The molecule has 2 aliphatic heterocycles. The molecule has 230 valence electrons. The van der Waals surface area contributed by atoms with Crippen LogP contribution in [0.2, 0.25) is 0 Å². The molecule has 0 bridgehead atoms. The van der Waals surface area contributed by atoms with Gasteiger partial charge in [-0.3, -0.25) is 0 Å². The maximum absolute atomic E-state index is 11.7. The Labute approximate surface area is 229 Å². The lowest BCUT2D eigenvalue weighted by Gasteiger charge is -2.51. The van der Waals surface area contributed by atoms with Crippen molar-refractivity contribution in [1.82, 2.24) is 10.6 Å². The summed E-state index contributed by atoms with van der Waals surface area (Å²) in [6, 6.07) is -3.53. The van der Waals surface area contributed by atoms with Crippen LogP contribution in [-0.2, 0) is 14.2 Å². The Bertz CT molecular complexity index is 711. The Morgan fingerprint density at radius 2 is 1.64 bits per heavy atom. The van der Waals surface area contributed by atoms with Gasteiger partial charge in [-0.15, -0.1) is 0 Å². The zero-order chi connectivity index (χ0) is 28.7. The number of aliphatic hydroxyl groups is 6. The summed E-state index contributed by atoms with van der Waals surface area (Å²) in [5.41, 5.74) is 24.6. The predicted octanol–water partition coefficient (Wildman–Crippen LogP) is -6.03. The minimum atomic E-state index is -1.46. The molecule has 2 saturated heterocycles. The van der Waals surface area contributed by atoms with Gasteiger partial charge >= 0.3 is 0 Å². The van der Waals surface area contributed by atoms with E-state index in [1.54, 1.807) is 0 Å². The first kappa shape index (κ1) is 32.9. The van der Waals surface area contributed by atoms with Crippen LogP contribution < -0.4 is 33.6 Å². The second-order valence-corrected chi connectivity index (χ2v) is 11.0. The third kappa shape index (κ3) is 8.03. The predicted molar refractivity (Wildman–Crippen MR) is 140 cm³/mol. The monoisotopic (exact) mass is 566 g/mol. The highest BCUT2D eigenvalue weighted by molar-refractivity contribution is 5.05. The molecule has 0 aromatic rings. The number of hydrogen-bond donors (Lipinski definition) is 12. The van der Waals surface area contributed by atoms with Crippen molar-refractivity contribution in [3.8, 4) is 0 Å². The molecule has 0 spiro atoms. The molecule has 0 aromatic heterocycles. The minimum Gasteiger partial charge on any atom is -0.395 e. The summed E-state index contributed by atoms with van der Waals surface area (Å²) in [5.74, 6) is -0.648. The third-order valence-corrected chi connectivity index (χ3v) is 8.17. The largest absolute Gasteiger partial charge is 0.395 e. The molecule has 16 N–H and O–H groups in total. The van der Waals surface area contributed by atoms with Crippen LogP contribution in [0, 0.1) is 5.92 Å². The van der Waals surface area contributed by atoms with Gasteiger partial charge in [0.1, 0.15) is 24.4 Å². The van der Waals surface area contributed by atoms with E-state index in [0.717, 1.165) is 19.4 Å². The number of ether oxygens (including phenoxy) is 3. The number of hydrogen-bond acceptors (Lipinski definition) is 15. The van der Waals surface area contributed by atoms with Crippen LogP contribution in [0.5, 0.6) is 0 Å². The van der Waals surface area contributed by atoms with E-state index in [4.69, 9.17) is 37.1 Å². The fourth-order valence-corrected chi connectivity index (χ4v) is 5.87. The van der Waals surface area contributed by atoms with Gasteiger partial charge in [-0.05, 0) is 38.8 Å². The van der Waals surface area contributed by atoms with Crippen molar-refractivity contribution < 1.29 is 44.8 Å². The van der Waals surface area contributed by atoms with Gasteiger partial charge in [0.2, 0.25) is 0 Å². The maximum atomic E-state index is 11.7. The lowest BCUT2D eigenvalue weighted by atomic mass is 9.72. The zero-order valence-corrected chi connectivity index (χ0v) is 22.4. The van der Waals surface area contributed by atoms with E-state index >= 15 is 0 Å². The maximum Gasteiger partial charge on any atom is 0.186 e. The number of aliphatic hydroxyl groups excluding tert-OH is 6. The molecule has 3 fully saturated rings. The Morgan fingerprint density at radius 1 is 0.923 bits per heavy atom. The lowest BCUT2D eigenvalue weighted by molar-refractivity contribution is -0.306. The van der Waals surface area contributed by atoms with Crippen LogP contribution in [0.4, 0.5) is 0 Å². The Morgan fingerprint density at radius 3 is 2.28 bits per heavy atom. The van der Waals surface area contributed by atoms with Crippen molar-refractivity contribution in [1.29, 1.82) is 0 Å². The molecule has 15 heteroatoms. The van der Waals surface area contributed by atoms with Gasteiger partial charge in [-0.25, -0.2) is 0 Å². The molecule has 13 atom stereocenters. The Balaban J connectivity index is 1.81. The minimum absolute atomic E-state index is 0.136. The molecule has 39 heavy (non-hydrogen) atoms. The van der Waals surface area contributed by atoms with Crippen LogP contribution >= 0.6 is 0 Å². The molecule has 0 radical (unpaired) electrons. The second-order valence-electron chi connectivity index (χ2n) is 11.0. The fourth-order valence-electron chi connectivity index (χ4n) is 5.87. The van der Waals surface area contributed by atoms with E-state index in [-0.39, 0.29) is 31.8 Å². The zero-order valence-electron chi connectivity index (χ0n) is 22.4. The number of nitrogens with two attached hydrogens (primary N) is 4. The molecule has 0 aromatic carbocycles. The standard InChI is InChI=1S/C24H50N6O9/c25-4-1-5-29-7-12-2-3-13(26)22(37-12)17-14(27)6-15(30-11(8-31)9-32)23(20(17)35)39-24-21(36)18(28)19(34)16(10-33)38-24/h11-24,29-36H,1-10,25-28H2. The van der Waals surface area contributed by atoms with E-state index in [2.05, 4.69) is 10.6 Å². The first-order chi connectivity index (χ1) is 18.7. The molecular formula is C24H50N6O9. The van der Waals surface area contributed by atoms with Gasteiger partial charge < -0.3 is 78.4 Å². The summed E-state index contributed by atoms with van der Waals surface area (Å²) in [7, 11) is 0. The van der Waals surface area contributed by atoms with Crippen LogP contribution in [0.15, 0.2) is 0 Å². The van der Waals surface area contributed by atoms with E-state index < -0.39 is 79.6 Å². The normalized spacial score (nSPS) is 43.6. The highest BCUT2D eigenvalue weighted by atomic mass is 16.7. The van der Waals surface area contributed by atoms with Gasteiger partial charge in [0, 0.05) is 30.6 Å². The van der Waals surface area contributed by atoms with Crippen molar-refractivity contribution >= 4 is 0 Å². The molecule has 13 unspecified atom stereocenters. The highest BCUT2D eigenvalue weighted by Gasteiger charge is 2.52. The van der Waals surface area contributed by atoms with Crippen molar-refractivity contribution in [2.24, 2.45) is 28.9 Å². The summed E-state index contributed by atoms with van der Waals surface area (Å²) >= 11 is 0. The molecule has 15 nitrogen and oxygen atoms in total. The third-order valence-electron chi connectivity index (χ3n) is 8.17. The Kier molecular flexibility index (Phi) is 13.1. The summed E-state index contributed by atoms with van der Waals surface area (Å²) in [5, 5.41) is 67.9. The van der Waals surface area contributed by atoms with Crippen LogP contribution in [0.3, 0.4) is 0 Å². The molecule has 0 amide bonds. The van der Waals surface area contributed by atoms with Crippen molar-refractivity contribution in [2.45, 2.75) is 105 Å². The molecule has 3 aliphatic rings. The SMILES string of the molecule is NCCCNCC1CCC(N)C(C2C(N)CC(NC(CO)CO)C(OC3OC(CO)C(O)C(N)C3O)C2O)O1. The molecular weight excluding hydrogens is 516 g/mol. The van der Waals surface area contributed by atoms with Crippen molar-refractivity contribution in [3.05, 3.63) is 0 Å². The summed E-state index contributed by atoms with van der Waals surface area (Å²) < 4.78 is 18.1. The molecule has 2 heterocycles. The topological polar surface area (TPSA) is 277 Å². The van der Waals surface area contributed by atoms with Crippen LogP contribution in [0.25, 0.3) is 0 Å². The second kappa shape index (κ2) is 15.6. The van der Waals surface area contributed by atoms with Crippen molar-refractivity contribution in [3.63, 3.8) is 0 Å². The average molecular weight is 567 g/mol. The van der Waals surface area contributed by atoms with Gasteiger partial charge in [-0.1, -0.05) is 0 Å². The van der Waals surface area contributed by atoms with Crippen LogP contribution in [0.1, 0.15) is 25.7 Å². The quantitative estimate of drug-likeness (QED) is 0.0924. The summed E-state index contributed by atoms with van der Waals surface area (Å²) in [6.45, 7) is 0.624. The Hall–Kier alpha value is -0.600. The summed E-state index contributed by atoms with van der Waals surface area (Å²) in [6.07, 6.45) is -5.81. The first-order valence-electron chi connectivity index (χ1n) is 13.9. The van der Waals surface area contributed by atoms with Crippen LogP contribution in [-0.4, -0.2) is 149 Å². The first-order valence-corrected chi connectivity index (χ1v) is 13.9. The van der Waals surface area contributed by atoms with Gasteiger partial charge in [0.05, 0.1) is 50.2 Å². The van der Waals surface area contributed by atoms with Gasteiger partial charge in [0.25, 0.3) is 0 Å². The molecule has 3 rings (SSSR count). The van der Waals surface area contributed by atoms with Gasteiger partial charge in [0.15, 0.2) is 6.29 Å². The van der Waals surface area contributed by atoms with Gasteiger partial charge in [-0.2, -0.15) is 0 Å². The van der Waals surface area contributed by atoms with Crippen molar-refractivity contribution in [2.75, 3.05) is 39.5 Å².